The number of aromatic hydroxyl groups is 1. The minimum Gasteiger partial charge on any atom is -0.504 e. The molecule has 0 aliphatic carbocycles. The summed E-state index contributed by atoms with van der Waals surface area (Å²) in [6, 6.07) is 4.03. The van der Waals surface area contributed by atoms with Crippen molar-refractivity contribution >= 4 is 5.97 Å². The highest BCUT2D eigenvalue weighted by Crippen LogP contribution is 2.31. The van der Waals surface area contributed by atoms with Crippen LogP contribution in [-0.2, 0) is 4.79 Å². The zero-order chi connectivity index (χ0) is 15.8. The van der Waals surface area contributed by atoms with Gasteiger partial charge in [0.15, 0.2) is 11.5 Å². The zero-order valence-corrected chi connectivity index (χ0v) is 13.0. The SMILES string of the molecule is CCCCN(CC)C(C(=O)O)c1ccc(O)c(OCC)c1. The number of phenols is 1. The maximum atomic E-state index is 11.7. The molecule has 1 unspecified atom stereocenters. The van der Waals surface area contributed by atoms with Crippen LogP contribution in [0.5, 0.6) is 11.5 Å². The van der Waals surface area contributed by atoms with Crippen LogP contribution < -0.4 is 4.74 Å². The van der Waals surface area contributed by atoms with E-state index in [9.17, 15) is 15.0 Å². The number of ether oxygens (including phenoxy) is 1. The van der Waals surface area contributed by atoms with Gasteiger partial charge in [-0.05, 0) is 44.1 Å². The summed E-state index contributed by atoms with van der Waals surface area (Å²) in [7, 11) is 0. The lowest BCUT2D eigenvalue weighted by atomic mass is 10.0. The molecular formula is C16H25NO4. The summed E-state index contributed by atoms with van der Waals surface area (Å²) in [6.45, 7) is 7.66. The minimum absolute atomic E-state index is 0.0290. The van der Waals surface area contributed by atoms with Crippen LogP contribution in [0.25, 0.3) is 0 Å². The number of hydrogen-bond donors (Lipinski definition) is 2. The highest BCUT2D eigenvalue weighted by atomic mass is 16.5. The second-order valence-corrected chi connectivity index (χ2v) is 4.88. The van der Waals surface area contributed by atoms with Crippen LogP contribution in [0.15, 0.2) is 18.2 Å². The van der Waals surface area contributed by atoms with Gasteiger partial charge in [0.25, 0.3) is 0 Å². The van der Waals surface area contributed by atoms with Crippen molar-refractivity contribution in [2.75, 3.05) is 19.7 Å². The van der Waals surface area contributed by atoms with Gasteiger partial charge in [-0.3, -0.25) is 9.69 Å². The molecule has 0 heterocycles. The van der Waals surface area contributed by atoms with Crippen LogP contribution in [0.1, 0.15) is 45.2 Å². The molecule has 118 valence electrons. The maximum Gasteiger partial charge on any atom is 0.325 e. The highest BCUT2D eigenvalue weighted by molar-refractivity contribution is 5.76. The molecule has 0 fully saturated rings. The molecule has 0 aliphatic rings. The summed E-state index contributed by atoms with van der Waals surface area (Å²) in [5.41, 5.74) is 0.627. The Hall–Kier alpha value is -1.75. The first kappa shape index (κ1) is 17.3. The van der Waals surface area contributed by atoms with Crippen LogP contribution in [0, 0.1) is 0 Å². The molecule has 0 aliphatic heterocycles. The molecule has 0 spiro atoms. The number of likely N-dealkylation sites (N-methyl/N-ethyl adjacent to an activating group) is 1. The second-order valence-electron chi connectivity index (χ2n) is 4.88. The molecular weight excluding hydrogens is 270 g/mol. The Bertz CT molecular complexity index is 462. The van der Waals surface area contributed by atoms with Gasteiger partial charge in [0, 0.05) is 0 Å². The van der Waals surface area contributed by atoms with E-state index in [0.29, 0.717) is 24.5 Å². The monoisotopic (exact) mass is 295 g/mol. The highest BCUT2D eigenvalue weighted by Gasteiger charge is 2.26. The fourth-order valence-corrected chi connectivity index (χ4v) is 2.31. The molecule has 0 aromatic heterocycles. The molecule has 0 saturated carbocycles. The lowest BCUT2D eigenvalue weighted by Crippen LogP contribution is -2.34. The second kappa shape index (κ2) is 8.52. The molecule has 5 nitrogen and oxygen atoms in total. The van der Waals surface area contributed by atoms with Crippen molar-refractivity contribution in [3.05, 3.63) is 23.8 Å². The maximum absolute atomic E-state index is 11.7. The van der Waals surface area contributed by atoms with Crippen molar-refractivity contribution in [2.24, 2.45) is 0 Å². The van der Waals surface area contributed by atoms with Crippen molar-refractivity contribution in [1.82, 2.24) is 4.90 Å². The van der Waals surface area contributed by atoms with Gasteiger partial charge in [0.2, 0.25) is 0 Å². The number of nitrogens with zero attached hydrogens (tertiary/aromatic N) is 1. The molecule has 1 aromatic rings. The fraction of sp³-hybridized carbons (Fsp3) is 0.562. The molecule has 1 rings (SSSR count). The van der Waals surface area contributed by atoms with Crippen LogP contribution in [0.2, 0.25) is 0 Å². The molecule has 0 amide bonds. The van der Waals surface area contributed by atoms with Gasteiger partial charge in [-0.2, -0.15) is 0 Å². The van der Waals surface area contributed by atoms with E-state index in [1.807, 2.05) is 18.7 Å². The Morgan fingerprint density at radius 1 is 1.33 bits per heavy atom. The number of benzene rings is 1. The van der Waals surface area contributed by atoms with E-state index in [0.717, 1.165) is 19.4 Å². The third kappa shape index (κ3) is 4.63. The van der Waals surface area contributed by atoms with Crippen molar-refractivity contribution in [1.29, 1.82) is 0 Å². The lowest BCUT2D eigenvalue weighted by molar-refractivity contribution is -0.143. The summed E-state index contributed by atoms with van der Waals surface area (Å²) in [6.07, 6.45) is 1.97. The van der Waals surface area contributed by atoms with Gasteiger partial charge in [0.05, 0.1) is 6.61 Å². The number of aliphatic carboxylic acids is 1. The number of phenolic OH excluding ortho intramolecular Hbond substituents is 1. The number of rotatable bonds is 9. The number of hydrogen-bond acceptors (Lipinski definition) is 4. The van der Waals surface area contributed by atoms with Crippen molar-refractivity contribution in [3.8, 4) is 11.5 Å². The molecule has 5 heteroatoms. The molecule has 21 heavy (non-hydrogen) atoms. The summed E-state index contributed by atoms with van der Waals surface area (Å²) in [5.74, 6) is -0.532. The van der Waals surface area contributed by atoms with E-state index in [1.54, 1.807) is 12.1 Å². The largest absolute Gasteiger partial charge is 0.504 e. The normalized spacial score (nSPS) is 12.4. The fourth-order valence-electron chi connectivity index (χ4n) is 2.31. The van der Waals surface area contributed by atoms with E-state index >= 15 is 0 Å². The van der Waals surface area contributed by atoms with E-state index in [-0.39, 0.29) is 5.75 Å². The topological polar surface area (TPSA) is 70.0 Å². The summed E-state index contributed by atoms with van der Waals surface area (Å²) < 4.78 is 5.34. The van der Waals surface area contributed by atoms with Gasteiger partial charge in [0.1, 0.15) is 6.04 Å². The third-order valence-corrected chi connectivity index (χ3v) is 3.40. The molecule has 0 saturated heterocycles. The first-order valence-electron chi connectivity index (χ1n) is 7.47. The molecule has 2 N–H and O–H groups in total. The number of carbonyl (C=O) groups is 1. The van der Waals surface area contributed by atoms with Crippen LogP contribution in [0.4, 0.5) is 0 Å². The summed E-state index contributed by atoms with van der Waals surface area (Å²) in [4.78, 5) is 13.6. The van der Waals surface area contributed by atoms with E-state index in [2.05, 4.69) is 6.92 Å². The molecule has 0 radical (unpaired) electrons. The zero-order valence-electron chi connectivity index (χ0n) is 13.0. The standard InChI is InChI=1S/C16H25NO4/c1-4-7-10-17(5-2)15(16(19)20)12-8-9-13(18)14(11-12)21-6-3/h8-9,11,15,18H,4-7,10H2,1-3H3,(H,19,20). The third-order valence-electron chi connectivity index (χ3n) is 3.40. The van der Waals surface area contributed by atoms with Gasteiger partial charge in [-0.1, -0.05) is 26.3 Å². The van der Waals surface area contributed by atoms with Crippen molar-refractivity contribution in [2.45, 2.75) is 39.7 Å². The Morgan fingerprint density at radius 3 is 2.57 bits per heavy atom. The number of unbranched alkanes of at least 4 members (excludes halogenated alkanes) is 1. The van der Waals surface area contributed by atoms with Gasteiger partial charge >= 0.3 is 5.97 Å². The van der Waals surface area contributed by atoms with Crippen molar-refractivity contribution in [3.63, 3.8) is 0 Å². The number of carboxylic acid groups (broad SMARTS) is 1. The molecule has 1 aromatic carbocycles. The predicted molar refractivity (Wildman–Crippen MR) is 81.8 cm³/mol. The van der Waals surface area contributed by atoms with Gasteiger partial charge in [-0.25, -0.2) is 0 Å². The smallest absolute Gasteiger partial charge is 0.325 e. The first-order valence-corrected chi connectivity index (χ1v) is 7.47. The summed E-state index contributed by atoms with van der Waals surface area (Å²) >= 11 is 0. The Balaban J connectivity index is 3.09. The van der Waals surface area contributed by atoms with E-state index in [4.69, 9.17) is 4.74 Å². The minimum atomic E-state index is -0.888. The van der Waals surface area contributed by atoms with E-state index < -0.39 is 12.0 Å². The summed E-state index contributed by atoms with van der Waals surface area (Å²) in [5, 5.41) is 19.3. The van der Waals surface area contributed by atoms with Crippen LogP contribution >= 0.6 is 0 Å². The van der Waals surface area contributed by atoms with Crippen molar-refractivity contribution < 1.29 is 19.7 Å². The average Bonchev–Trinajstić information content (AvgIpc) is 2.46. The Morgan fingerprint density at radius 2 is 2.05 bits per heavy atom. The van der Waals surface area contributed by atoms with Crippen LogP contribution in [-0.4, -0.2) is 40.8 Å². The molecule has 1 atom stereocenters. The predicted octanol–water partition coefficient (Wildman–Crippen LogP) is 3.04. The van der Waals surface area contributed by atoms with Gasteiger partial charge in [-0.15, -0.1) is 0 Å². The number of carboxylic acids is 1. The first-order chi connectivity index (χ1) is 10.0. The quantitative estimate of drug-likeness (QED) is 0.733. The Labute approximate surface area is 126 Å². The molecule has 0 bridgehead atoms. The van der Waals surface area contributed by atoms with Gasteiger partial charge < -0.3 is 14.9 Å². The van der Waals surface area contributed by atoms with E-state index in [1.165, 1.54) is 6.07 Å². The Kier molecular flexibility index (Phi) is 7.02. The average molecular weight is 295 g/mol. The van der Waals surface area contributed by atoms with Crippen LogP contribution in [0.3, 0.4) is 0 Å². The lowest BCUT2D eigenvalue weighted by Gasteiger charge is -2.28.